The maximum Gasteiger partial charge on any atom is 0.136 e. The topological polar surface area (TPSA) is 48.0 Å². The normalized spacial score (nSPS) is 17.1. The van der Waals surface area contributed by atoms with E-state index in [2.05, 4.69) is 23.6 Å². The van der Waals surface area contributed by atoms with Crippen molar-refractivity contribution in [1.29, 1.82) is 0 Å². The largest absolute Gasteiger partial charge is 0.598 e. The van der Waals surface area contributed by atoms with E-state index >= 15 is 0 Å². The quantitative estimate of drug-likeness (QED) is 0.681. The Morgan fingerprint density at radius 2 is 1.95 bits per heavy atom. The zero-order chi connectivity index (χ0) is 14.8. The van der Waals surface area contributed by atoms with Crippen molar-refractivity contribution < 1.29 is 4.55 Å². The Kier molecular flexibility index (Phi) is 5.29. The van der Waals surface area contributed by atoms with Crippen molar-refractivity contribution in [3.8, 4) is 0 Å². The van der Waals surface area contributed by atoms with Crippen molar-refractivity contribution in [2.24, 2.45) is 0 Å². The fraction of sp³-hybridized carbons (Fsp3) is 0.643. The highest BCUT2D eigenvalue weighted by Gasteiger charge is 2.36. The first kappa shape index (κ1) is 16.8. The van der Waals surface area contributed by atoms with Crippen LogP contribution in [-0.4, -0.2) is 14.3 Å². The molecule has 0 fully saturated rings. The second-order valence-corrected chi connectivity index (χ2v) is 8.34. The van der Waals surface area contributed by atoms with Crippen molar-refractivity contribution >= 4 is 23.0 Å². The molecule has 0 aliphatic heterocycles. The number of halogens is 1. The summed E-state index contributed by atoms with van der Waals surface area (Å²) in [5.41, 5.74) is 1.72. The van der Waals surface area contributed by atoms with Gasteiger partial charge in [0.1, 0.15) is 9.90 Å². The predicted molar refractivity (Wildman–Crippen MR) is 82.7 cm³/mol. The molecule has 19 heavy (non-hydrogen) atoms. The van der Waals surface area contributed by atoms with Gasteiger partial charge in [-0.05, 0) is 58.2 Å². The first-order chi connectivity index (χ1) is 8.60. The molecule has 0 saturated carbocycles. The molecule has 2 atom stereocenters. The lowest BCUT2D eigenvalue weighted by molar-refractivity contribution is 0.406. The first-order valence-corrected chi connectivity index (χ1v) is 7.95. The molecule has 0 saturated heterocycles. The Morgan fingerprint density at radius 1 is 1.37 bits per heavy atom. The molecule has 0 spiro atoms. The number of aromatic nitrogens is 1. The van der Waals surface area contributed by atoms with E-state index < -0.39 is 11.4 Å². The van der Waals surface area contributed by atoms with Crippen molar-refractivity contribution in [1.82, 2.24) is 9.71 Å². The lowest BCUT2D eigenvalue weighted by atomic mass is 9.88. The van der Waals surface area contributed by atoms with E-state index in [-0.39, 0.29) is 10.3 Å². The zero-order valence-corrected chi connectivity index (χ0v) is 14.1. The van der Waals surface area contributed by atoms with Crippen LogP contribution in [0.1, 0.15) is 52.2 Å². The molecule has 1 aromatic heterocycles. The summed E-state index contributed by atoms with van der Waals surface area (Å²) in [5.74, 6) is 0. The van der Waals surface area contributed by atoms with Gasteiger partial charge in [-0.3, -0.25) is 0 Å². The van der Waals surface area contributed by atoms with Crippen LogP contribution in [0.2, 0.25) is 5.15 Å². The summed E-state index contributed by atoms with van der Waals surface area (Å²) in [6, 6.07) is 1.85. The minimum absolute atomic E-state index is 0.304. The van der Waals surface area contributed by atoms with Crippen LogP contribution in [0.4, 0.5) is 0 Å². The molecule has 0 aliphatic rings. The molecule has 0 unspecified atom stereocenters. The van der Waals surface area contributed by atoms with E-state index in [1.165, 1.54) is 0 Å². The van der Waals surface area contributed by atoms with Gasteiger partial charge < -0.3 is 4.55 Å². The van der Waals surface area contributed by atoms with Crippen molar-refractivity contribution in [2.45, 2.75) is 58.2 Å². The molecule has 1 N–H and O–H groups in total. The average Bonchev–Trinajstić information content (AvgIpc) is 2.30. The third-order valence-corrected chi connectivity index (χ3v) is 5.20. The van der Waals surface area contributed by atoms with Crippen molar-refractivity contribution in [3.05, 3.63) is 28.5 Å². The predicted octanol–water partition coefficient (Wildman–Crippen LogP) is 3.72. The first-order valence-electron chi connectivity index (χ1n) is 6.42. The lowest BCUT2D eigenvalue weighted by Gasteiger charge is -2.35. The summed E-state index contributed by atoms with van der Waals surface area (Å²) < 4.78 is 15.3. The number of pyridine rings is 1. The fourth-order valence-corrected chi connectivity index (χ4v) is 2.90. The zero-order valence-electron chi connectivity index (χ0n) is 12.5. The molecular weight excluding hydrogens is 280 g/mol. The standard InChI is InChI=1S/C14H23ClN2OS/c1-7-14(6,17-19(18)13(3,4)5)11-8-12(15)16-9-10(11)2/h8-9,17H,7H2,1-6H3/t14-,19-/m1/s1. The molecule has 0 radical (unpaired) electrons. The molecule has 0 bridgehead atoms. The minimum atomic E-state index is -1.14. The van der Waals surface area contributed by atoms with Crippen LogP contribution in [0, 0.1) is 6.92 Å². The van der Waals surface area contributed by atoms with E-state index in [0.717, 1.165) is 17.5 Å². The van der Waals surface area contributed by atoms with E-state index in [4.69, 9.17) is 11.6 Å². The molecule has 1 rings (SSSR count). The van der Waals surface area contributed by atoms with Crippen molar-refractivity contribution in [2.75, 3.05) is 0 Å². The van der Waals surface area contributed by atoms with Gasteiger partial charge in [0, 0.05) is 17.6 Å². The highest BCUT2D eigenvalue weighted by molar-refractivity contribution is 7.90. The second-order valence-electron chi connectivity index (χ2n) is 5.99. The van der Waals surface area contributed by atoms with Gasteiger partial charge in [-0.25, -0.2) is 4.98 Å². The number of nitrogens with zero attached hydrogens (tertiary/aromatic N) is 1. The summed E-state index contributed by atoms with van der Waals surface area (Å²) in [6.07, 6.45) is 2.57. The molecule has 0 aliphatic carbocycles. The number of nitrogens with one attached hydrogen (secondary N) is 1. The van der Waals surface area contributed by atoms with Crippen LogP contribution < -0.4 is 4.72 Å². The van der Waals surface area contributed by atoms with Gasteiger partial charge in [-0.1, -0.05) is 18.5 Å². The Hall–Kier alpha value is -0.290. The maximum absolute atomic E-state index is 12.4. The molecule has 5 heteroatoms. The smallest absolute Gasteiger partial charge is 0.136 e. The third kappa shape index (κ3) is 4.09. The van der Waals surface area contributed by atoms with Gasteiger partial charge >= 0.3 is 0 Å². The van der Waals surface area contributed by atoms with Gasteiger partial charge in [-0.15, -0.1) is 4.72 Å². The molecule has 1 aromatic rings. The fourth-order valence-electron chi connectivity index (χ4n) is 1.77. The number of hydrogen-bond acceptors (Lipinski definition) is 3. The van der Waals surface area contributed by atoms with Gasteiger partial charge in [0.05, 0.1) is 5.54 Å². The Bertz CT molecular complexity index is 448. The molecule has 0 amide bonds. The summed E-state index contributed by atoms with van der Waals surface area (Å²) in [7, 11) is 0. The van der Waals surface area contributed by atoms with Crippen LogP contribution in [-0.2, 0) is 16.9 Å². The summed E-state index contributed by atoms with van der Waals surface area (Å²) in [5, 5.41) is 0.462. The Morgan fingerprint density at radius 3 is 2.42 bits per heavy atom. The minimum Gasteiger partial charge on any atom is -0.598 e. The molecule has 0 aromatic carbocycles. The van der Waals surface area contributed by atoms with Gasteiger partial charge in [-0.2, -0.15) is 0 Å². The highest BCUT2D eigenvalue weighted by Crippen LogP contribution is 2.31. The van der Waals surface area contributed by atoms with E-state index in [0.29, 0.717) is 5.15 Å². The molecule has 1 heterocycles. The molecule has 108 valence electrons. The van der Waals surface area contributed by atoms with Gasteiger partial charge in [0.2, 0.25) is 0 Å². The van der Waals surface area contributed by atoms with Gasteiger partial charge in [0.25, 0.3) is 0 Å². The molecule has 3 nitrogen and oxygen atoms in total. The monoisotopic (exact) mass is 302 g/mol. The summed E-state index contributed by atoms with van der Waals surface area (Å²) in [6.45, 7) is 12.0. The van der Waals surface area contributed by atoms with E-state index in [9.17, 15) is 4.55 Å². The Balaban J connectivity index is 3.13. The number of hydrogen-bond donors (Lipinski definition) is 1. The SMILES string of the molecule is CC[C@@](C)(N[S@+]([O-])C(C)(C)C)c1cc(Cl)ncc1C. The summed E-state index contributed by atoms with van der Waals surface area (Å²) in [4.78, 5) is 4.08. The maximum atomic E-state index is 12.4. The van der Waals surface area contributed by atoms with E-state index in [1.54, 1.807) is 6.20 Å². The summed E-state index contributed by atoms with van der Waals surface area (Å²) >= 11 is 4.86. The second kappa shape index (κ2) is 6.00. The van der Waals surface area contributed by atoms with E-state index in [1.807, 2.05) is 33.8 Å². The van der Waals surface area contributed by atoms with Crippen LogP contribution >= 0.6 is 11.6 Å². The highest BCUT2D eigenvalue weighted by atomic mass is 35.5. The van der Waals surface area contributed by atoms with Crippen molar-refractivity contribution in [3.63, 3.8) is 0 Å². The molecular formula is C14H23ClN2OS. The van der Waals surface area contributed by atoms with Crippen LogP contribution in [0.15, 0.2) is 12.3 Å². The number of rotatable bonds is 4. The van der Waals surface area contributed by atoms with Crippen LogP contribution in [0.5, 0.6) is 0 Å². The third-order valence-electron chi connectivity index (χ3n) is 3.25. The van der Waals surface area contributed by atoms with Crippen LogP contribution in [0.3, 0.4) is 0 Å². The number of aryl methyl sites for hydroxylation is 1. The Labute approximate surface area is 124 Å². The van der Waals surface area contributed by atoms with Gasteiger partial charge in [0.15, 0.2) is 0 Å². The lowest BCUT2D eigenvalue weighted by Crippen LogP contribution is -2.49. The average molecular weight is 303 g/mol. The van der Waals surface area contributed by atoms with Crippen LogP contribution in [0.25, 0.3) is 0 Å².